The maximum Gasteiger partial charge on any atom is 0.124 e. The lowest BCUT2D eigenvalue weighted by atomic mass is 10.1. The molecule has 1 heterocycles. The van der Waals surface area contributed by atoms with Crippen molar-refractivity contribution < 1.29 is 9.50 Å². The maximum absolute atomic E-state index is 13.3. The van der Waals surface area contributed by atoms with E-state index in [1.165, 1.54) is 12.1 Å². The third kappa shape index (κ3) is 2.59. The van der Waals surface area contributed by atoms with Crippen LogP contribution in [0, 0.1) is 5.82 Å². The van der Waals surface area contributed by atoms with E-state index in [0.717, 1.165) is 0 Å². The Labute approximate surface area is 115 Å². The number of aryl methyl sites for hydroxylation is 1. The first-order chi connectivity index (χ1) is 7.99. The molecule has 0 aliphatic heterocycles. The van der Waals surface area contributed by atoms with Gasteiger partial charge in [0, 0.05) is 11.5 Å². The number of halogens is 3. The summed E-state index contributed by atoms with van der Waals surface area (Å²) >= 11 is 6.50. The number of aliphatic hydroxyl groups excluding tert-OH is 1. The van der Waals surface area contributed by atoms with E-state index < -0.39 is 11.9 Å². The highest BCUT2D eigenvalue weighted by Gasteiger charge is 2.19. The highest BCUT2D eigenvalue weighted by atomic mass is 79.9. The van der Waals surface area contributed by atoms with E-state index >= 15 is 0 Å². The Balaban J connectivity index is 2.47. The number of aliphatic hydroxyl groups is 1. The fourth-order valence-corrected chi connectivity index (χ4v) is 2.67. The second kappa shape index (κ2) is 4.88. The largest absolute Gasteiger partial charge is 0.382 e. The van der Waals surface area contributed by atoms with Gasteiger partial charge in [-0.15, -0.1) is 0 Å². The molecule has 1 unspecified atom stereocenters. The van der Waals surface area contributed by atoms with Crippen LogP contribution >= 0.6 is 31.9 Å². The Morgan fingerprint density at radius 1 is 1.35 bits per heavy atom. The van der Waals surface area contributed by atoms with E-state index in [1.807, 2.05) is 0 Å². The monoisotopic (exact) mass is 362 g/mol. The van der Waals surface area contributed by atoms with E-state index in [2.05, 4.69) is 37.0 Å². The van der Waals surface area contributed by atoms with E-state index in [4.69, 9.17) is 0 Å². The molecule has 0 amide bonds. The normalized spacial score (nSPS) is 12.8. The summed E-state index contributed by atoms with van der Waals surface area (Å²) in [5.74, 6) is -0.397. The molecule has 17 heavy (non-hydrogen) atoms. The third-order valence-electron chi connectivity index (χ3n) is 2.40. The SMILES string of the molecule is Cn1ncc(Br)c1C(O)c1cc(F)cc(Br)c1. The summed E-state index contributed by atoms with van der Waals surface area (Å²) in [5.41, 5.74) is 1.06. The van der Waals surface area contributed by atoms with Gasteiger partial charge in [-0.2, -0.15) is 5.10 Å². The van der Waals surface area contributed by atoms with Gasteiger partial charge in [0.05, 0.1) is 16.4 Å². The molecule has 0 radical (unpaired) electrons. The lowest BCUT2D eigenvalue weighted by Gasteiger charge is -2.13. The predicted octanol–water partition coefficient (Wildman–Crippen LogP) is 3.17. The molecule has 0 fully saturated rings. The summed E-state index contributed by atoms with van der Waals surface area (Å²) in [5, 5.41) is 14.2. The van der Waals surface area contributed by atoms with Crippen molar-refractivity contribution in [1.82, 2.24) is 9.78 Å². The molecule has 90 valence electrons. The Hall–Kier alpha value is -0.720. The molecule has 2 rings (SSSR count). The van der Waals surface area contributed by atoms with Crippen molar-refractivity contribution in [2.24, 2.45) is 7.05 Å². The Kier molecular flexibility index (Phi) is 3.65. The third-order valence-corrected chi connectivity index (χ3v) is 3.47. The topological polar surface area (TPSA) is 38.0 Å². The number of aromatic nitrogens is 2. The summed E-state index contributed by atoms with van der Waals surface area (Å²) in [7, 11) is 1.72. The molecule has 0 bridgehead atoms. The molecular weight excluding hydrogens is 355 g/mol. The lowest BCUT2D eigenvalue weighted by molar-refractivity contribution is 0.208. The highest BCUT2D eigenvalue weighted by molar-refractivity contribution is 9.10. The average Bonchev–Trinajstić information content (AvgIpc) is 2.56. The molecule has 6 heteroatoms. The van der Waals surface area contributed by atoms with Gasteiger partial charge < -0.3 is 5.11 Å². The van der Waals surface area contributed by atoms with Crippen LogP contribution in [0.25, 0.3) is 0 Å². The van der Waals surface area contributed by atoms with Crippen molar-refractivity contribution in [3.8, 4) is 0 Å². The van der Waals surface area contributed by atoms with Crippen LogP contribution in [-0.2, 0) is 7.05 Å². The first-order valence-corrected chi connectivity index (χ1v) is 6.39. The Bertz CT molecular complexity index is 517. The molecule has 0 aliphatic rings. The van der Waals surface area contributed by atoms with Gasteiger partial charge in [-0.3, -0.25) is 4.68 Å². The minimum absolute atomic E-state index is 0.397. The summed E-state index contributed by atoms with van der Waals surface area (Å²) in [6.45, 7) is 0. The molecule has 1 atom stereocenters. The Morgan fingerprint density at radius 3 is 2.59 bits per heavy atom. The maximum atomic E-state index is 13.3. The molecular formula is C11H9Br2FN2O. The molecule has 1 N–H and O–H groups in total. The first kappa shape index (κ1) is 12.7. The van der Waals surface area contributed by atoms with Crippen LogP contribution in [0.1, 0.15) is 17.4 Å². The van der Waals surface area contributed by atoms with Crippen molar-refractivity contribution >= 4 is 31.9 Å². The molecule has 1 aromatic carbocycles. The minimum atomic E-state index is -0.927. The van der Waals surface area contributed by atoms with Crippen molar-refractivity contribution in [2.45, 2.75) is 6.10 Å². The first-order valence-electron chi connectivity index (χ1n) is 4.80. The molecule has 0 spiro atoms. The molecule has 1 aromatic heterocycles. The van der Waals surface area contributed by atoms with Crippen LogP contribution in [0.3, 0.4) is 0 Å². The number of hydrogen-bond acceptors (Lipinski definition) is 2. The number of benzene rings is 1. The van der Waals surface area contributed by atoms with Crippen molar-refractivity contribution in [3.63, 3.8) is 0 Å². The number of hydrogen-bond donors (Lipinski definition) is 1. The van der Waals surface area contributed by atoms with Gasteiger partial charge in [0.25, 0.3) is 0 Å². The van der Waals surface area contributed by atoms with E-state index in [9.17, 15) is 9.50 Å². The molecule has 0 saturated carbocycles. The zero-order valence-corrected chi connectivity index (χ0v) is 12.0. The van der Waals surface area contributed by atoms with E-state index in [-0.39, 0.29) is 0 Å². The van der Waals surface area contributed by atoms with Crippen LogP contribution in [0.2, 0.25) is 0 Å². The van der Waals surface area contributed by atoms with Gasteiger partial charge in [0.15, 0.2) is 0 Å². The second-order valence-corrected chi connectivity index (χ2v) is 5.38. The number of nitrogens with zero attached hydrogens (tertiary/aromatic N) is 2. The number of rotatable bonds is 2. The molecule has 3 nitrogen and oxygen atoms in total. The minimum Gasteiger partial charge on any atom is -0.382 e. The standard InChI is InChI=1S/C11H9Br2FN2O/c1-16-10(9(13)5-15-16)11(17)6-2-7(12)4-8(14)3-6/h2-5,11,17H,1H3. The van der Waals surface area contributed by atoms with Crippen LogP contribution in [-0.4, -0.2) is 14.9 Å². The predicted molar refractivity (Wildman–Crippen MR) is 69.1 cm³/mol. The zero-order chi connectivity index (χ0) is 12.6. The average molecular weight is 364 g/mol. The van der Waals surface area contributed by atoms with Gasteiger partial charge in [0.1, 0.15) is 11.9 Å². The highest BCUT2D eigenvalue weighted by Crippen LogP contribution is 2.29. The Morgan fingerprint density at radius 2 is 2.06 bits per heavy atom. The van der Waals surface area contributed by atoms with Crippen LogP contribution in [0.15, 0.2) is 33.3 Å². The van der Waals surface area contributed by atoms with E-state index in [0.29, 0.717) is 20.2 Å². The molecule has 0 saturated heterocycles. The lowest BCUT2D eigenvalue weighted by Crippen LogP contribution is -2.07. The smallest absolute Gasteiger partial charge is 0.124 e. The fraction of sp³-hybridized carbons (Fsp3) is 0.182. The van der Waals surface area contributed by atoms with Crippen molar-refractivity contribution in [1.29, 1.82) is 0 Å². The van der Waals surface area contributed by atoms with Crippen molar-refractivity contribution in [3.05, 3.63) is 50.4 Å². The summed E-state index contributed by atoms with van der Waals surface area (Å²) in [4.78, 5) is 0. The van der Waals surface area contributed by atoms with Crippen molar-refractivity contribution in [2.75, 3.05) is 0 Å². The summed E-state index contributed by atoms with van der Waals surface area (Å²) < 4.78 is 16.1. The van der Waals surface area contributed by atoms with Gasteiger partial charge in [-0.25, -0.2) is 4.39 Å². The zero-order valence-electron chi connectivity index (χ0n) is 8.86. The molecule has 2 aromatic rings. The van der Waals surface area contributed by atoms with Crippen LogP contribution in [0.5, 0.6) is 0 Å². The van der Waals surface area contributed by atoms with Crippen LogP contribution < -0.4 is 0 Å². The van der Waals surface area contributed by atoms with Gasteiger partial charge in [0.2, 0.25) is 0 Å². The quantitative estimate of drug-likeness (QED) is 0.889. The fourth-order valence-electron chi connectivity index (χ4n) is 1.62. The van der Waals surface area contributed by atoms with Gasteiger partial charge in [-0.1, -0.05) is 15.9 Å². The summed E-state index contributed by atoms with van der Waals surface area (Å²) in [6, 6.07) is 4.32. The van der Waals surface area contributed by atoms with Gasteiger partial charge in [-0.05, 0) is 39.7 Å². The van der Waals surface area contributed by atoms with E-state index in [1.54, 1.807) is 24.0 Å². The molecule has 0 aliphatic carbocycles. The second-order valence-electron chi connectivity index (χ2n) is 3.61. The van der Waals surface area contributed by atoms with Crippen LogP contribution in [0.4, 0.5) is 4.39 Å². The summed E-state index contributed by atoms with van der Waals surface area (Å²) in [6.07, 6.45) is 0.663. The van der Waals surface area contributed by atoms with Gasteiger partial charge >= 0.3 is 0 Å².